The van der Waals surface area contributed by atoms with E-state index in [4.69, 9.17) is 28.1 Å². The van der Waals surface area contributed by atoms with E-state index in [1.807, 2.05) is 77.3 Å². The quantitative estimate of drug-likeness (QED) is 0.0312. The number of para-hydroxylation sites is 1. The van der Waals surface area contributed by atoms with Gasteiger partial charge in [-0.05, 0) is 128 Å². The van der Waals surface area contributed by atoms with Gasteiger partial charge in [0, 0.05) is 27.8 Å². The predicted molar refractivity (Wildman–Crippen MR) is 292 cm³/mol. The summed E-state index contributed by atoms with van der Waals surface area (Å²) in [6, 6.07) is 17.6. The Hall–Kier alpha value is -7.37. The first-order valence-corrected chi connectivity index (χ1v) is 26.8. The first-order chi connectivity index (χ1) is 36.9. The number of rotatable bonds is 26. The van der Waals surface area contributed by atoms with Crippen LogP contribution < -0.4 is 14.7 Å². The first-order valence-electron chi connectivity index (χ1n) is 26.8. The van der Waals surface area contributed by atoms with E-state index >= 15 is 0 Å². The lowest BCUT2D eigenvalue weighted by Crippen LogP contribution is -2.47. The molecule has 4 heterocycles. The number of furan rings is 1. The fraction of sp³-hybridized carbons (Fsp3) is 0.441. The number of hydrogen-bond donors (Lipinski definition) is 2. The molecule has 3 aromatic carbocycles. The molecule has 5 atom stereocenters. The summed E-state index contributed by atoms with van der Waals surface area (Å²) in [5.74, 6) is 1.41. The van der Waals surface area contributed by atoms with Crippen molar-refractivity contribution < 1.29 is 47.0 Å². The van der Waals surface area contributed by atoms with Gasteiger partial charge in [0.05, 0.1) is 35.9 Å². The van der Waals surface area contributed by atoms with Crippen molar-refractivity contribution in [2.75, 3.05) is 31.7 Å². The number of H-pyrrole nitrogens is 1. The van der Waals surface area contributed by atoms with Gasteiger partial charge in [0.25, 0.3) is 6.23 Å². The lowest BCUT2D eigenvalue weighted by Gasteiger charge is -2.24. The zero-order chi connectivity index (χ0) is 53.1. The average Bonchev–Trinajstić information content (AvgIpc) is 4.23. The van der Waals surface area contributed by atoms with E-state index in [0.29, 0.717) is 17.8 Å². The van der Waals surface area contributed by atoms with Crippen molar-refractivity contribution in [3.05, 3.63) is 143 Å². The maximum atomic E-state index is 14.3. The normalized spacial score (nSPS) is 18.1. The molecule has 9 rings (SSSR count). The maximum Gasteiger partial charge on any atom is 0.412 e. The Labute approximate surface area is 445 Å². The molecule has 0 saturated heterocycles. The zero-order valence-corrected chi connectivity index (χ0v) is 45.1. The molecule has 17 heteroatoms. The van der Waals surface area contributed by atoms with Crippen LogP contribution in [0.3, 0.4) is 0 Å². The Kier molecular flexibility index (Phi) is 17.6. The number of fused-ring (bicyclic) bond motifs is 4. The molecule has 76 heavy (non-hydrogen) atoms. The van der Waals surface area contributed by atoms with Crippen LogP contribution >= 0.6 is 0 Å². The summed E-state index contributed by atoms with van der Waals surface area (Å²) in [6.07, 6.45) is 20.7. The minimum absolute atomic E-state index is 0.0234. The molecular formula is C59H73N10O7+3. The number of unbranched alkanes of at least 4 members (excludes halogenated alkanes) is 4. The van der Waals surface area contributed by atoms with Crippen molar-refractivity contribution in [1.82, 2.24) is 10.3 Å². The minimum Gasteiger partial charge on any atom is -0.494 e. The topological polar surface area (TPSA) is 176 Å². The lowest BCUT2D eigenvalue weighted by atomic mass is 9.94. The van der Waals surface area contributed by atoms with Crippen LogP contribution in [0.5, 0.6) is 5.75 Å². The number of benzene rings is 3. The predicted octanol–water partition coefficient (Wildman–Crippen LogP) is 12.0. The van der Waals surface area contributed by atoms with Gasteiger partial charge in [-0.15, -0.1) is 9.39 Å². The summed E-state index contributed by atoms with van der Waals surface area (Å²) in [5.41, 5.74) is 10.8. The van der Waals surface area contributed by atoms with Gasteiger partial charge < -0.3 is 28.1 Å². The summed E-state index contributed by atoms with van der Waals surface area (Å²) in [6.45, 7) is 18.0. The van der Waals surface area contributed by atoms with Crippen LogP contribution in [0.15, 0.2) is 146 Å². The number of aromatic nitrogens is 3. The molecule has 0 bridgehead atoms. The van der Waals surface area contributed by atoms with Crippen molar-refractivity contribution in [2.45, 2.75) is 143 Å². The molecule has 4 aliphatic rings. The summed E-state index contributed by atoms with van der Waals surface area (Å²) in [5, 5.41) is 29.8. The maximum absolute atomic E-state index is 14.3. The first kappa shape index (κ1) is 53.5. The molecule has 0 saturated carbocycles. The Balaban J connectivity index is 0.953. The number of aryl methyl sites for hydroxylation is 1. The second-order valence-electron chi connectivity index (χ2n) is 20.7. The SMILES string of the molecule is CCCCCC/C=C/OCC(OCC(C[N+]1=NN=C2C=C(C)C=CC21)OCC(C[n+]1[nH]nc2cc(C)ccc21)OC(=O)Nc1cc(COc2c(C(C)C)cccc2C(C)C)c2ccoc2c1)[N+]1=NN=C2C=C(C)C=CC21. The van der Waals surface area contributed by atoms with Crippen LogP contribution in [-0.2, 0) is 32.1 Å². The van der Waals surface area contributed by atoms with Crippen molar-refractivity contribution in [2.24, 2.45) is 20.6 Å². The lowest BCUT2D eigenvalue weighted by molar-refractivity contribution is -0.736. The highest BCUT2D eigenvalue weighted by atomic mass is 16.6. The number of nitrogens with zero attached hydrogens (tertiary/aromatic N) is 8. The second-order valence-corrected chi connectivity index (χ2v) is 20.7. The van der Waals surface area contributed by atoms with Crippen LogP contribution in [0.25, 0.3) is 22.0 Å². The molecule has 1 amide bonds. The van der Waals surface area contributed by atoms with E-state index in [2.05, 4.69) is 119 Å². The molecule has 0 fully saturated rings. The fourth-order valence-corrected chi connectivity index (χ4v) is 9.79. The number of ether oxygens (including phenoxy) is 5. The number of carbonyl (C=O) groups is 1. The number of aromatic amines is 1. The van der Waals surface area contributed by atoms with E-state index in [-0.39, 0.29) is 56.9 Å². The highest BCUT2D eigenvalue weighted by Crippen LogP contribution is 2.36. The molecule has 17 nitrogen and oxygen atoms in total. The van der Waals surface area contributed by atoms with Crippen LogP contribution in [-0.4, -0.2) is 94.1 Å². The van der Waals surface area contributed by atoms with E-state index in [1.165, 1.54) is 19.3 Å². The summed E-state index contributed by atoms with van der Waals surface area (Å²) in [4.78, 5) is 14.3. The smallest absolute Gasteiger partial charge is 0.412 e. The van der Waals surface area contributed by atoms with E-state index < -0.39 is 24.5 Å². The second kappa shape index (κ2) is 25.0. The van der Waals surface area contributed by atoms with Crippen molar-refractivity contribution >= 4 is 45.2 Å². The fourth-order valence-electron chi connectivity index (χ4n) is 9.79. The van der Waals surface area contributed by atoms with Crippen molar-refractivity contribution in [1.29, 1.82) is 0 Å². The van der Waals surface area contributed by atoms with Gasteiger partial charge >= 0.3 is 6.09 Å². The number of hydrogen-bond acceptors (Lipinski definition) is 12. The summed E-state index contributed by atoms with van der Waals surface area (Å²) >= 11 is 0. The van der Waals surface area contributed by atoms with Gasteiger partial charge in [-0.3, -0.25) is 5.32 Å². The Morgan fingerprint density at radius 3 is 2.36 bits per heavy atom. The number of anilines is 1. The van der Waals surface area contributed by atoms with Gasteiger partial charge in [0.2, 0.25) is 34.5 Å². The third-order valence-electron chi connectivity index (χ3n) is 13.9. The molecule has 2 aliphatic heterocycles. The largest absolute Gasteiger partial charge is 0.494 e. The standard InChI is InChI=1S/C59H71N10O7/c1-9-10-11-12-13-14-25-71-37-57(69-55-23-20-42(8)29-52(55)63-66-69)74-35-45(32-67-53-21-18-40(6)27-50(53)61-64-67)73-36-46(33-68-54-22-19-41(7)28-51(54)62-65-68)76-59(70)60-44-30-43(49-24-26-72-56(49)31-44)34-75-58-47(38(2)3)16-15-17-48(58)39(4)5/h14-31,38-39,45-46,53,55,57H,9-13,32-37H2,1-8H3/q+1/p+2/b25-14+. The van der Waals surface area contributed by atoms with Crippen molar-refractivity contribution in [3.8, 4) is 5.75 Å². The minimum atomic E-state index is -0.828. The van der Waals surface area contributed by atoms with Gasteiger partial charge in [-0.25, -0.2) is 4.79 Å². The molecule has 5 aromatic rings. The van der Waals surface area contributed by atoms with E-state index in [9.17, 15) is 4.79 Å². The zero-order valence-electron chi connectivity index (χ0n) is 45.1. The highest BCUT2D eigenvalue weighted by molar-refractivity contribution is 6.02. The van der Waals surface area contributed by atoms with Crippen LogP contribution in [0.1, 0.15) is 115 Å². The molecule has 398 valence electrons. The van der Waals surface area contributed by atoms with Gasteiger partial charge in [0.15, 0.2) is 19.3 Å². The number of amides is 1. The highest BCUT2D eigenvalue weighted by Gasteiger charge is 2.40. The van der Waals surface area contributed by atoms with Crippen LogP contribution in [0, 0.1) is 6.92 Å². The van der Waals surface area contributed by atoms with Gasteiger partial charge in [-0.1, -0.05) is 95.5 Å². The van der Waals surface area contributed by atoms with Crippen LogP contribution in [0.4, 0.5) is 10.5 Å². The number of nitrogens with one attached hydrogen (secondary N) is 2. The van der Waals surface area contributed by atoms with Crippen molar-refractivity contribution in [3.63, 3.8) is 0 Å². The molecule has 0 spiro atoms. The summed E-state index contributed by atoms with van der Waals surface area (Å²) in [7, 11) is 0. The third-order valence-corrected chi connectivity index (χ3v) is 13.9. The Morgan fingerprint density at radius 2 is 1.58 bits per heavy atom. The molecule has 2 N–H and O–H groups in total. The van der Waals surface area contributed by atoms with Gasteiger partial charge in [-0.2, -0.15) is 4.68 Å². The molecule has 2 aliphatic carbocycles. The van der Waals surface area contributed by atoms with E-state index in [0.717, 1.165) is 79.8 Å². The van der Waals surface area contributed by atoms with E-state index in [1.54, 1.807) is 18.6 Å². The Bertz CT molecular complexity index is 3150. The third kappa shape index (κ3) is 13.2. The molecule has 5 unspecified atom stereocenters. The molecule has 2 aromatic heterocycles. The summed E-state index contributed by atoms with van der Waals surface area (Å²) < 4.78 is 44.3. The number of allylic oxidation sites excluding steroid dienone is 5. The molecule has 0 radical (unpaired) electrons. The number of carbonyl (C=O) groups excluding carboxylic acids is 1. The monoisotopic (exact) mass is 1030 g/mol. The van der Waals surface area contributed by atoms with Crippen LogP contribution in [0.2, 0.25) is 0 Å². The van der Waals surface area contributed by atoms with Gasteiger partial charge in [0.1, 0.15) is 41.0 Å². The average molecular weight is 1030 g/mol. The Morgan fingerprint density at radius 1 is 0.829 bits per heavy atom. The molecular weight excluding hydrogens is 961 g/mol.